The molecule has 0 unspecified atom stereocenters. The zero-order valence-electron chi connectivity index (χ0n) is 18.0. The first-order valence-electron chi connectivity index (χ1n) is 10.9. The van der Waals surface area contributed by atoms with Crippen molar-refractivity contribution in [2.24, 2.45) is 0 Å². The fraction of sp³-hybridized carbons (Fsp3) is 0.308. The molecule has 1 aromatic heterocycles. The van der Waals surface area contributed by atoms with E-state index in [2.05, 4.69) is 0 Å². The second-order valence-corrected chi connectivity index (χ2v) is 8.65. The van der Waals surface area contributed by atoms with E-state index in [1.54, 1.807) is 13.3 Å². The largest absolute Gasteiger partial charge is 0.493 e. The molecular weight excluding hydrogens is 406 g/mol. The highest BCUT2D eigenvalue weighted by Crippen LogP contribution is 2.49. The Morgan fingerprint density at radius 1 is 1.09 bits per heavy atom. The van der Waals surface area contributed by atoms with E-state index in [4.69, 9.17) is 9.47 Å². The van der Waals surface area contributed by atoms with Crippen LogP contribution in [0.5, 0.6) is 11.5 Å². The van der Waals surface area contributed by atoms with Crippen LogP contribution in [0.3, 0.4) is 0 Å². The molecule has 1 saturated carbocycles. The summed E-state index contributed by atoms with van der Waals surface area (Å²) < 4.78 is 13.8. The third-order valence-electron chi connectivity index (χ3n) is 6.75. The van der Waals surface area contributed by atoms with E-state index in [1.807, 2.05) is 47.0 Å². The van der Waals surface area contributed by atoms with Crippen LogP contribution in [0.25, 0.3) is 11.3 Å². The molecule has 0 bridgehead atoms. The predicted molar refractivity (Wildman–Crippen MR) is 121 cm³/mol. The SMILES string of the molecule is COc1cc2c(cc1OCc1ccccc1)CC1(CCCC1)n1cc(C(=O)O)c(=O)cc1-2. The maximum atomic E-state index is 12.6. The van der Waals surface area contributed by atoms with Crippen LogP contribution >= 0.6 is 0 Å². The Balaban J connectivity index is 1.62. The van der Waals surface area contributed by atoms with E-state index in [0.717, 1.165) is 54.5 Å². The normalized spacial score (nSPS) is 15.8. The molecule has 1 fully saturated rings. The van der Waals surface area contributed by atoms with Gasteiger partial charge in [0.2, 0.25) is 0 Å². The number of carboxylic acid groups (broad SMARTS) is 1. The minimum Gasteiger partial charge on any atom is -0.493 e. The molecule has 2 aliphatic rings. The van der Waals surface area contributed by atoms with Gasteiger partial charge in [0.05, 0.1) is 12.8 Å². The fourth-order valence-electron chi connectivity index (χ4n) is 5.18. The molecule has 0 atom stereocenters. The zero-order valence-corrected chi connectivity index (χ0v) is 18.0. The molecule has 5 rings (SSSR count). The van der Waals surface area contributed by atoms with Crippen molar-refractivity contribution in [3.63, 3.8) is 0 Å². The molecule has 6 heteroatoms. The lowest BCUT2D eigenvalue weighted by atomic mass is 9.81. The minimum absolute atomic E-state index is 0.182. The number of carbonyl (C=O) groups is 1. The highest BCUT2D eigenvalue weighted by atomic mass is 16.5. The first kappa shape index (κ1) is 20.4. The molecule has 1 aliphatic carbocycles. The molecule has 3 aromatic rings. The lowest BCUT2D eigenvalue weighted by Gasteiger charge is -2.40. The molecule has 0 saturated heterocycles. The third kappa shape index (κ3) is 3.36. The molecule has 1 spiro atoms. The van der Waals surface area contributed by atoms with E-state index in [0.29, 0.717) is 18.1 Å². The molecule has 2 heterocycles. The Kier molecular flexibility index (Phi) is 5.00. The van der Waals surface area contributed by atoms with E-state index >= 15 is 0 Å². The second-order valence-electron chi connectivity index (χ2n) is 8.65. The van der Waals surface area contributed by atoms with Crippen molar-refractivity contribution in [3.05, 3.63) is 81.6 Å². The summed E-state index contributed by atoms with van der Waals surface area (Å²) in [6.45, 7) is 0.430. The summed E-state index contributed by atoms with van der Waals surface area (Å²) in [5, 5.41) is 9.52. The number of fused-ring (bicyclic) bond motifs is 4. The summed E-state index contributed by atoms with van der Waals surface area (Å²) in [4.78, 5) is 24.2. The number of aromatic carboxylic acids is 1. The van der Waals surface area contributed by atoms with Gasteiger partial charge in [-0.2, -0.15) is 0 Å². The summed E-state index contributed by atoms with van der Waals surface area (Å²) in [6, 6.07) is 15.4. The topological polar surface area (TPSA) is 77.8 Å². The van der Waals surface area contributed by atoms with Gasteiger partial charge in [-0.3, -0.25) is 4.79 Å². The molecule has 1 N–H and O–H groups in total. The number of aromatic nitrogens is 1. The van der Waals surface area contributed by atoms with Crippen LogP contribution in [0, 0.1) is 0 Å². The van der Waals surface area contributed by atoms with Gasteiger partial charge in [0.25, 0.3) is 0 Å². The Labute approximate surface area is 186 Å². The van der Waals surface area contributed by atoms with Gasteiger partial charge in [0.1, 0.15) is 12.2 Å². The van der Waals surface area contributed by atoms with Crippen LogP contribution in [-0.4, -0.2) is 22.8 Å². The molecule has 164 valence electrons. The number of ether oxygens (including phenoxy) is 2. The zero-order chi connectivity index (χ0) is 22.3. The lowest BCUT2D eigenvalue weighted by Crippen LogP contribution is -2.38. The van der Waals surface area contributed by atoms with Crippen molar-refractivity contribution in [3.8, 4) is 22.8 Å². The van der Waals surface area contributed by atoms with E-state index in [9.17, 15) is 14.7 Å². The van der Waals surface area contributed by atoms with E-state index in [-0.39, 0.29) is 11.1 Å². The first-order valence-corrected chi connectivity index (χ1v) is 10.9. The predicted octanol–water partition coefficient (Wildman–Crippen LogP) is 4.63. The summed E-state index contributed by atoms with van der Waals surface area (Å²) in [5.41, 5.74) is 2.92. The molecule has 0 amide bonds. The van der Waals surface area contributed by atoms with E-state index in [1.165, 1.54) is 6.07 Å². The van der Waals surface area contributed by atoms with Crippen molar-refractivity contribution in [1.82, 2.24) is 4.57 Å². The maximum absolute atomic E-state index is 12.6. The Morgan fingerprint density at radius 2 is 1.84 bits per heavy atom. The molecule has 0 radical (unpaired) electrons. The Morgan fingerprint density at radius 3 is 2.53 bits per heavy atom. The van der Waals surface area contributed by atoms with Crippen LogP contribution in [0.1, 0.15) is 47.2 Å². The molecule has 6 nitrogen and oxygen atoms in total. The average Bonchev–Trinajstić information content (AvgIpc) is 3.26. The Hall–Kier alpha value is -3.54. The van der Waals surface area contributed by atoms with Gasteiger partial charge in [-0.05, 0) is 42.5 Å². The minimum atomic E-state index is -1.19. The number of rotatable bonds is 5. The summed E-state index contributed by atoms with van der Waals surface area (Å²) in [7, 11) is 1.60. The quantitative estimate of drug-likeness (QED) is 0.638. The fourth-order valence-corrected chi connectivity index (χ4v) is 5.18. The first-order chi connectivity index (χ1) is 15.5. The summed E-state index contributed by atoms with van der Waals surface area (Å²) >= 11 is 0. The van der Waals surface area contributed by atoms with Crippen LogP contribution in [-0.2, 0) is 18.6 Å². The van der Waals surface area contributed by atoms with Crippen molar-refractivity contribution in [2.75, 3.05) is 7.11 Å². The Bertz CT molecular complexity index is 1240. The number of pyridine rings is 1. The van der Waals surface area contributed by atoms with Gasteiger partial charge in [-0.1, -0.05) is 43.2 Å². The standard InChI is InChI=1S/C26H25NO5/c1-31-23-12-19-18(11-24(23)32-16-17-7-3-2-4-8-17)14-26(9-5-6-10-26)27-15-20(25(29)30)22(28)13-21(19)27/h2-4,7-8,11-13,15H,5-6,9-10,14,16H2,1H3,(H,29,30). The number of methoxy groups -OCH3 is 1. The third-order valence-corrected chi connectivity index (χ3v) is 6.75. The number of nitrogens with zero attached hydrogens (tertiary/aromatic N) is 1. The number of hydrogen-bond donors (Lipinski definition) is 1. The summed E-state index contributed by atoms with van der Waals surface area (Å²) in [6.07, 6.45) is 6.37. The number of benzene rings is 2. The smallest absolute Gasteiger partial charge is 0.341 e. The van der Waals surface area contributed by atoms with Gasteiger partial charge < -0.3 is 19.1 Å². The van der Waals surface area contributed by atoms with Gasteiger partial charge in [0.15, 0.2) is 16.9 Å². The molecular formula is C26H25NO5. The monoisotopic (exact) mass is 431 g/mol. The van der Waals surface area contributed by atoms with Crippen LogP contribution in [0.15, 0.2) is 59.5 Å². The highest BCUT2D eigenvalue weighted by molar-refractivity contribution is 5.88. The van der Waals surface area contributed by atoms with Crippen molar-refractivity contribution < 1.29 is 19.4 Å². The lowest BCUT2D eigenvalue weighted by molar-refractivity contribution is 0.0693. The number of carboxylic acids is 1. The van der Waals surface area contributed by atoms with E-state index < -0.39 is 11.4 Å². The van der Waals surface area contributed by atoms with Gasteiger partial charge >= 0.3 is 5.97 Å². The molecule has 1 aliphatic heterocycles. The van der Waals surface area contributed by atoms with Gasteiger partial charge in [-0.15, -0.1) is 0 Å². The molecule has 32 heavy (non-hydrogen) atoms. The molecule has 2 aromatic carbocycles. The summed E-state index contributed by atoms with van der Waals surface area (Å²) in [5.74, 6) is 0.0658. The van der Waals surface area contributed by atoms with Crippen LogP contribution in [0.4, 0.5) is 0 Å². The highest BCUT2D eigenvalue weighted by Gasteiger charge is 2.41. The maximum Gasteiger partial charge on any atom is 0.341 e. The van der Waals surface area contributed by atoms with Crippen molar-refractivity contribution in [1.29, 1.82) is 0 Å². The average molecular weight is 431 g/mol. The second kappa shape index (κ2) is 7.86. The van der Waals surface area contributed by atoms with Crippen LogP contribution < -0.4 is 14.9 Å². The van der Waals surface area contributed by atoms with Gasteiger partial charge in [-0.25, -0.2) is 4.79 Å². The van der Waals surface area contributed by atoms with Crippen LogP contribution in [0.2, 0.25) is 0 Å². The van der Waals surface area contributed by atoms with Crippen molar-refractivity contribution >= 4 is 5.97 Å². The number of hydrogen-bond acceptors (Lipinski definition) is 4. The van der Waals surface area contributed by atoms with Crippen molar-refractivity contribution in [2.45, 2.75) is 44.2 Å². The van der Waals surface area contributed by atoms with Gasteiger partial charge in [0, 0.05) is 23.4 Å².